The van der Waals surface area contributed by atoms with Crippen molar-refractivity contribution in [3.05, 3.63) is 35.4 Å². The van der Waals surface area contributed by atoms with Crippen molar-refractivity contribution in [2.75, 3.05) is 26.2 Å². The Morgan fingerprint density at radius 2 is 1.88 bits per heavy atom. The predicted molar refractivity (Wildman–Crippen MR) is 104 cm³/mol. The van der Waals surface area contributed by atoms with Crippen LogP contribution in [0.5, 0.6) is 0 Å². The van der Waals surface area contributed by atoms with Crippen LogP contribution in [-0.4, -0.2) is 48.9 Å². The van der Waals surface area contributed by atoms with Crippen molar-refractivity contribution >= 4 is 24.2 Å². The standard InChI is InChI=1S/C19H29N3O2.ClH/c1-3-11-22(12-4-2)19(24)16-8-5-7-15(13-16)18(23)21-17-9-6-10-20-14-17;/h5,7-8,13,17,20H,3-4,6,9-12,14H2,1-2H3,(H,21,23);1H/t17-;/m0./s1. The van der Waals surface area contributed by atoms with E-state index in [9.17, 15) is 9.59 Å². The Labute approximate surface area is 157 Å². The van der Waals surface area contributed by atoms with Gasteiger partial charge < -0.3 is 15.5 Å². The molecular formula is C19H30ClN3O2. The Morgan fingerprint density at radius 1 is 1.20 bits per heavy atom. The highest BCUT2D eigenvalue weighted by molar-refractivity contribution is 5.99. The molecule has 6 heteroatoms. The van der Waals surface area contributed by atoms with Crippen molar-refractivity contribution in [3.63, 3.8) is 0 Å². The maximum absolute atomic E-state index is 12.7. The number of halogens is 1. The predicted octanol–water partition coefficient (Wildman–Crippen LogP) is 2.85. The van der Waals surface area contributed by atoms with Crippen LogP contribution in [0.1, 0.15) is 60.2 Å². The first-order valence-corrected chi connectivity index (χ1v) is 9.06. The molecule has 5 nitrogen and oxygen atoms in total. The van der Waals surface area contributed by atoms with Gasteiger partial charge in [0.05, 0.1) is 0 Å². The van der Waals surface area contributed by atoms with Crippen molar-refractivity contribution < 1.29 is 9.59 Å². The number of benzene rings is 1. The Bertz CT molecular complexity index is 553. The van der Waals surface area contributed by atoms with Crippen LogP contribution in [0.15, 0.2) is 24.3 Å². The molecule has 1 saturated heterocycles. The van der Waals surface area contributed by atoms with E-state index in [2.05, 4.69) is 24.5 Å². The van der Waals surface area contributed by atoms with Gasteiger partial charge in [0.15, 0.2) is 0 Å². The van der Waals surface area contributed by atoms with Crippen LogP contribution in [0.3, 0.4) is 0 Å². The molecule has 2 amide bonds. The summed E-state index contributed by atoms with van der Waals surface area (Å²) in [5, 5.41) is 6.34. The van der Waals surface area contributed by atoms with Gasteiger partial charge in [-0.15, -0.1) is 12.4 Å². The normalized spacial score (nSPS) is 16.6. The van der Waals surface area contributed by atoms with Gasteiger partial charge in [0.1, 0.15) is 0 Å². The minimum Gasteiger partial charge on any atom is -0.348 e. The van der Waals surface area contributed by atoms with Crippen LogP contribution in [0.2, 0.25) is 0 Å². The molecule has 0 aliphatic carbocycles. The summed E-state index contributed by atoms with van der Waals surface area (Å²) in [5.74, 6) is -0.0939. The number of hydrogen-bond donors (Lipinski definition) is 2. The summed E-state index contributed by atoms with van der Waals surface area (Å²) < 4.78 is 0. The molecule has 1 atom stereocenters. The van der Waals surface area contributed by atoms with Gasteiger partial charge in [-0.2, -0.15) is 0 Å². The molecule has 25 heavy (non-hydrogen) atoms. The summed E-state index contributed by atoms with van der Waals surface area (Å²) in [4.78, 5) is 27.0. The monoisotopic (exact) mass is 367 g/mol. The highest BCUT2D eigenvalue weighted by Crippen LogP contribution is 2.11. The Morgan fingerprint density at radius 3 is 2.48 bits per heavy atom. The van der Waals surface area contributed by atoms with Gasteiger partial charge in [-0.1, -0.05) is 19.9 Å². The number of amides is 2. The van der Waals surface area contributed by atoms with E-state index in [1.807, 2.05) is 4.90 Å². The molecular weight excluding hydrogens is 338 g/mol. The molecule has 0 spiro atoms. The average molecular weight is 368 g/mol. The summed E-state index contributed by atoms with van der Waals surface area (Å²) in [5.41, 5.74) is 1.14. The number of nitrogens with one attached hydrogen (secondary N) is 2. The highest BCUT2D eigenvalue weighted by atomic mass is 35.5. The molecule has 1 aliphatic heterocycles. The third-order valence-electron chi connectivity index (χ3n) is 4.28. The molecule has 1 aromatic rings. The van der Waals surface area contributed by atoms with Gasteiger partial charge in [-0.25, -0.2) is 0 Å². The maximum atomic E-state index is 12.7. The van der Waals surface area contributed by atoms with Crippen molar-refractivity contribution in [1.29, 1.82) is 0 Å². The van der Waals surface area contributed by atoms with Crippen LogP contribution in [0.4, 0.5) is 0 Å². The summed E-state index contributed by atoms with van der Waals surface area (Å²) in [6, 6.07) is 7.23. The van der Waals surface area contributed by atoms with E-state index in [0.717, 1.165) is 51.9 Å². The molecule has 2 rings (SSSR count). The molecule has 0 aromatic heterocycles. The SMILES string of the molecule is CCCN(CCC)C(=O)c1cccc(C(=O)N[C@H]2CCCNC2)c1.Cl. The van der Waals surface area contributed by atoms with Crippen LogP contribution >= 0.6 is 12.4 Å². The fourth-order valence-electron chi connectivity index (χ4n) is 3.07. The fraction of sp³-hybridized carbons (Fsp3) is 0.579. The summed E-state index contributed by atoms with van der Waals surface area (Å²) >= 11 is 0. The quantitative estimate of drug-likeness (QED) is 0.779. The van der Waals surface area contributed by atoms with E-state index < -0.39 is 0 Å². The molecule has 0 radical (unpaired) electrons. The summed E-state index contributed by atoms with van der Waals surface area (Å²) in [7, 11) is 0. The second kappa shape index (κ2) is 11.1. The van der Waals surface area contributed by atoms with E-state index in [1.54, 1.807) is 24.3 Å². The van der Waals surface area contributed by atoms with Crippen LogP contribution < -0.4 is 10.6 Å². The Balaban J connectivity index is 0.00000312. The lowest BCUT2D eigenvalue weighted by atomic mass is 10.1. The van der Waals surface area contributed by atoms with Gasteiger partial charge in [0.2, 0.25) is 0 Å². The van der Waals surface area contributed by atoms with Crippen molar-refractivity contribution in [2.24, 2.45) is 0 Å². The van der Waals surface area contributed by atoms with Crippen molar-refractivity contribution in [3.8, 4) is 0 Å². The number of carbonyl (C=O) groups is 2. The lowest BCUT2D eigenvalue weighted by Gasteiger charge is -2.24. The molecule has 0 bridgehead atoms. The van der Waals surface area contributed by atoms with E-state index in [1.165, 1.54) is 0 Å². The molecule has 140 valence electrons. The third-order valence-corrected chi connectivity index (χ3v) is 4.28. The minimum atomic E-state index is -0.101. The first kappa shape index (κ1) is 21.5. The largest absolute Gasteiger partial charge is 0.348 e. The lowest BCUT2D eigenvalue weighted by molar-refractivity contribution is 0.0755. The van der Waals surface area contributed by atoms with Gasteiger partial charge in [-0.05, 0) is 50.4 Å². The first-order valence-electron chi connectivity index (χ1n) is 9.06. The molecule has 1 fully saturated rings. The number of hydrogen-bond acceptors (Lipinski definition) is 3. The van der Waals surface area contributed by atoms with Gasteiger partial charge in [-0.3, -0.25) is 9.59 Å². The third kappa shape index (κ3) is 6.33. The van der Waals surface area contributed by atoms with Gasteiger partial charge >= 0.3 is 0 Å². The first-order chi connectivity index (χ1) is 11.7. The number of nitrogens with zero attached hydrogens (tertiary/aromatic N) is 1. The number of rotatable bonds is 7. The fourth-order valence-corrected chi connectivity index (χ4v) is 3.07. The molecule has 1 aromatic carbocycles. The van der Waals surface area contributed by atoms with Gasteiger partial charge in [0, 0.05) is 36.8 Å². The van der Waals surface area contributed by atoms with Crippen LogP contribution in [0.25, 0.3) is 0 Å². The second-order valence-corrected chi connectivity index (χ2v) is 6.39. The average Bonchev–Trinajstić information content (AvgIpc) is 2.62. The van der Waals surface area contributed by atoms with E-state index in [-0.39, 0.29) is 30.3 Å². The molecule has 0 saturated carbocycles. The van der Waals surface area contributed by atoms with E-state index in [0.29, 0.717) is 11.1 Å². The zero-order chi connectivity index (χ0) is 17.4. The van der Waals surface area contributed by atoms with Gasteiger partial charge in [0.25, 0.3) is 11.8 Å². The van der Waals surface area contributed by atoms with Crippen molar-refractivity contribution in [2.45, 2.75) is 45.6 Å². The maximum Gasteiger partial charge on any atom is 0.253 e. The van der Waals surface area contributed by atoms with E-state index >= 15 is 0 Å². The number of piperidine rings is 1. The summed E-state index contributed by atoms with van der Waals surface area (Å²) in [6.45, 7) is 7.45. The Kier molecular flexibility index (Phi) is 9.53. The molecule has 1 aliphatic rings. The highest BCUT2D eigenvalue weighted by Gasteiger charge is 2.19. The minimum absolute atomic E-state index is 0. The zero-order valence-electron chi connectivity index (χ0n) is 15.2. The topological polar surface area (TPSA) is 61.4 Å². The Hall–Kier alpha value is -1.59. The van der Waals surface area contributed by atoms with Crippen LogP contribution in [-0.2, 0) is 0 Å². The van der Waals surface area contributed by atoms with Crippen LogP contribution in [0, 0.1) is 0 Å². The smallest absolute Gasteiger partial charge is 0.253 e. The molecule has 0 unspecified atom stereocenters. The van der Waals surface area contributed by atoms with E-state index in [4.69, 9.17) is 0 Å². The van der Waals surface area contributed by atoms with Crippen molar-refractivity contribution in [1.82, 2.24) is 15.5 Å². The molecule has 1 heterocycles. The zero-order valence-corrected chi connectivity index (χ0v) is 16.0. The number of carbonyl (C=O) groups excluding carboxylic acids is 2. The second-order valence-electron chi connectivity index (χ2n) is 6.39. The lowest BCUT2D eigenvalue weighted by Crippen LogP contribution is -2.45. The molecule has 2 N–H and O–H groups in total. The summed E-state index contributed by atoms with van der Waals surface area (Å²) in [6.07, 6.45) is 3.94.